The molecule has 0 atom stereocenters. The Morgan fingerprint density at radius 3 is 1.58 bits per heavy atom. The average molecular weight is 348 g/mol. The van der Waals surface area contributed by atoms with Crippen LogP contribution in [0.4, 0.5) is 17.6 Å². The predicted octanol–water partition coefficient (Wildman–Crippen LogP) is 4.11. The number of esters is 1. The number of halogens is 4. The molecule has 0 saturated heterocycles. The van der Waals surface area contributed by atoms with Crippen LogP contribution >= 0.6 is 0 Å². The highest BCUT2D eigenvalue weighted by atomic mass is 19.2. The molecule has 0 heterocycles. The van der Waals surface area contributed by atoms with Crippen molar-refractivity contribution >= 4 is 5.97 Å². The Morgan fingerprint density at radius 2 is 1.25 bits per heavy atom. The van der Waals surface area contributed by atoms with Crippen molar-refractivity contribution in [2.24, 2.45) is 16.7 Å². The molecule has 0 N–H and O–H groups in total. The molecule has 1 fully saturated rings. The number of carbonyl (C=O) groups is 1. The third-order valence-electron chi connectivity index (χ3n) is 5.35. The average Bonchev–Trinajstić information content (AvgIpc) is 2.91. The van der Waals surface area contributed by atoms with Crippen LogP contribution in [0.3, 0.4) is 0 Å². The first kappa shape index (κ1) is 18.7. The standard InChI is InChI=1S/C17H20F4O3/c1-16(2)14(17(16,3)4)15(22)24-7-9-12(20)10(18)8(6-23-5)11(19)13(9)21/h14H,6-7H2,1-5H3. The minimum absolute atomic E-state index is 0.319. The first-order chi connectivity index (χ1) is 11.0. The zero-order valence-corrected chi connectivity index (χ0v) is 14.2. The topological polar surface area (TPSA) is 35.5 Å². The molecule has 0 radical (unpaired) electrons. The highest BCUT2D eigenvalue weighted by Crippen LogP contribution is 2.68. The largest absolute Gasteiger partial charge is 0.460 e. The lowest BCUT2D eigenvalue weighted by molar-refractivity contribution is -0.148. The van der Waals surface area contributed by atoms with Gasteiger partial charge >= 0.3 is 5.97 Å². The maximum Gasteiger partial charge on any atom is 0.310 e. The van der Waals surface area contributed by atoms with Gasteiger partial charge in [-0.25, -0.2) is 17.6 Å². The van der Waals surface area contributed by atoms with Gasteiger partial charge in [-0.05, 0) is 10.8 Å². The zero-order chi connectivity index (χ0) is 18.4. The van der Waals surface area contributed by atoms with Gasteiger partial charge in [-0.15, -0.1) is 0 Å². The fourth-order valence-electron chi connectivity index (χ4n) is 3.13. The van der Waals surface area contributed by atoms with E-state index in [-0.39, 0.29) is 10.8 Å². The van der Waals surface area contributed by atoms with Gasteiger partial charge in [0, 0.05) is 7.11 Å². The molecular weight excluding hydrogens is 328 g/mol. The molecule has 2 rings (SSSR count). The van der Waals surface area contributed by atoms with Gasteiger partial charge in [0.05, 0.1) is 23.7 Å². The Bertz CT molecular complexity index is 640. The quantitative estimate of drug-likeness (QED) is 0.456. The van der Waals surface area contributed by atoms with Gasteiger partial charge in [0.2, 0.25) is 0 Å². The van der Waals surface area contributed by atoms with E-state index in [1.165, 1.54) is 0 Å². The highest BCUT2D eigenvalue weighted by molar-refractivity contribution is 5.78. The lowest BCUT2D eigenvalue weighted by atomic mass is 10.0. The number of ether oxygens (including phenoxy) is 2. The molecule has 0 bridgehead atoms. The van der Waals surface area contributed by atoms with Crippen LogP contribution in [0, 0.1) is 40.0 Å². The van der Waals surface area contributed by atoms with Gasteiger partial charge in [-0.2, -0.15) is 0 Å². The molecule has 0 unspecified atom stereocenters. The Labute approximate surface area is 137 Å². The Kier molecular flexibility index (Phi) is 4.69. The van der Waals surface area contributed by atoms with Crippen LogP contribution in [0.25, 0.3) is 0 Å². The van der Waals surface area contributed by atoms with Crippen LogP contribution in [0.15, 0.2) is 0 Å². The number of rotatable bonds is 5. The summed E-state index contributed by atoms with van der Waals surface area (Å²) in [6.45, 7) is 6.01. The molecule has 24 heavy (non-hydrogen) atoms. The van der Waals surface area contributed by atoms with E-state index in [1.54, 1.807) is 0 Å². The minimum Gasteiger partial charge on any atom is -0.460 e. The minimum atomic E-state index is -1.58. The fraction of sp³-hybridized carbons (Fsp3) is 0.588. The van der Waals surface area contributed by atoms with Crippen LogP contribution < -0.4 is 0 Å². The molecular formula is C17H20F4O3. The predicted molar refractivity (Wildman–Crippen MR) is 77.8 cm³/mol. The first-order valence-electron chi connectivity index (χ1n) is 7.47. The van der Waals surface area contributed by atoms with E-state index in [0.29, 0.717) is 0 Å². The van der Waals surface area contributed by atoms with Gasteiger partial charge in [0.15, 0.2) is 23.3 Å². The summed E-state index contributed by atoms with van der Waals surface area (Å²) >= 11 is 0. The molecule has 1 aliphatic rings. The van der Waals surface area contributed by atoms with E-state index in [2.05, 4.69) is 4.74 Å². The van der Waals surface area contributed by atoms with Crippen molar-refractivity contribution in [1.29, 1.82) is 0 Å². The Balaban J connectivity index is 2.21. The van der Waals surface area contributed by atoms with Gasteiger partial charge in [0.1, 0.15) is 6.61 Å². The van der Waals surface area contributed by atoms with E-state index in [9.17, 15) is 22.4 Å². The monoisotopic (exact) mass is 348 g/mol. The second-order valence-electron chi connectivity index (χ2n) is 7.13. The molecule has 1 aliphatic carbocycles. The van der Waals surface area contributed by atoms with Crippen molar-refractivity contribution in [3.63, 3.8) is 0 Å². The summed E-state index contributed by atoms with van der Waals surface area (Å²) in [5.74, 6) is -7.35. The summed E-state index contributed by atoms with van der Waals surface area (Å²) in [5.41, 5.74) is -2.43. The van der Waals surface area contributed by atoms with Crippen molar-refractivity contribution in [2.45, 2.75) is 40.9 Å². The summed E-state index contributed by atoms with van der Waals surface area (Å²) in [5, 5.41) is 0. The second-order valence-corrected chi connectivity index (χ2v) is 7.13. The second kappa shape index (κ2) is 6.02. The maximum absolute atomic E-state index is 14.0. The molecule has 1 aromatic rings. The van der Waals surface area contributed by atoms with E-state index in [4.69, 9.17) is 4.74 Å². The number of benzene rings is 1. The number of hydrogen-bond acceptors (Lipinski definition) is 3. The van der Waals surface area contributed by atoms with Crippen LogP contribution in [-0.4, -0.2) is 13.1 Å². The summed E-state index contributed by atoms with van der Waals surface area (Å²) in [6.07, 6.45) is 0. The molecule has 0 amide bonds. The first-order valence-corrected chi connectivity index (χ1v) is 7.47. The highest BCUT2D eigenvalue weighted by Gasteiger charge is 2.69. The van der Waals surface area contributed by atoms with Crippen molar-refractivity contribution in [1.82, 2.24) is 0 Å². The molecule has 3 nitrogen and oxygen atoms in total. The lowest BCUT2D eigenvalue weighted by Crippen LogP contribution is -2.15. The molecule has 7 heteroatoms. The Hall–Kier alpha value is -1.63. The van der Waals surface area contributed by atoms with Crippen molar-refractivity contribution in [3.8, 4) is 0 Å². The van der Waals surface area contributed by atoms with E-state index < -0.39 is 59.5 Å². The van der Waals surface area contributed by atoms with Crippen LogP contribution in [0.2, 0.25) is 0 Å². The van der Waals surface area contributed by atoms with Crippen LogP contribution in [0.5, 0.6) is 0 Å². The van der Waals surface area contributed by atoms with Crippen molar-refractivity contribution < 1.29 is 31.8 Å². The number of hydrogen-bond donors (Lipinski definition) is 0. The van der Waals surface area contributed by atoms with Gasteiger partial charge < -0.3 is 9.47 Å². The molecule has 0 spiro atoms. The van der Waals surface area contributed by atoms with Crippen molar-refractivity contribution in [3.05, 3.63) is 34.4 Å². The number of carbonyl (C=O) groups excluding carboxylic acids is 1. The molecule has 1 aromatic carbocycles. The summed E-state index contributed by atoms with van der Waals surface area (Å²) in [6, 6.07) is 0. The zero-order valence-electron chi connectivity index (χ0n) is 14.2. The van der Waals surface area contributed by atoms with Crippen LogP contribution in [-0.2, 0) is 27.5 Å². The van der Waals surface area contributed by atoms with E-state index in [0.717, 1.165) is 7.11 Å². The summed E-state index contributed by atoms with van der Waals surface area (Å²) < 4.78 is 65.0. The van der Waals surface area contributed by atoms with Gasteiger partial charge in [-0.3, -0.25) is 4.79 Å². The van der Waals surface area contributed by atoms with Crippen molar-refractivity contribution in [2.75, 3.05) is 7.11 Å². The summed E-state index contributed by atoms with van der Waals surface area (Å²) in [4.78, 5) is 12.1. The fourth-order valence-corrected chi connectivity index (χ4v) is 3.13. The smallest absolute Gasteiger partial charge is 0.310 e. The number of methoxy groups -OCH3 is 1. The maximum atomic E-state index is 14.0. The molecule has 0 aromatic heterocycles. The Morgan fingerprint density at radius 1 is 0.875 bits per heavy atom. The normalized spacial score (nSPS) is 18.5. The SMILES string of the molecule is COCc1c(F)c(F)c(COC(=O)C2C(C)(C)C2(C)C)c(F)c1F. The lowest BCUT2D eigenvalue weighted by Gasteiger charge is -2.12. The molecule has 1 saturated carbocycles. The van der Waals surface area contributed by atoms with Gasteiger partial charge in [0.25, 0.3) is 0 Å². The molecule has 134 valence electrons. The molecule has 0 aliphatic heterocycles. The van der Waals surface area contributed by atoms with Gasteiger partial charge in [-0.1, -0.05) is 27.7 Å². The third-order valence-corrected chi connectivity index (χ3v) is 5.35. The summed E-state index contributed by atoms with van der Waals surface area (Å²) in [7, 11) is 1.14. The van der Waals surface area contributed by atoms with Crippen LogP contribution in [0.1, 0.15) is 38.8 Å². The van der Waals surface area contributed by atoms with E-state index >= 15 is 0 Å². The third kappa shape index (κ3) is 2.68. The van der Waals surface area contributed by atoms with E-state index in [1.807, 2.05) is 27.7 Å².